The van der Waals surface area contributed by atoms with Gasteiger partial charge in [0.15, 0.2) is 0 Å². The first kappa shape index (κ1) is 9.67. The summed E-state index contributed by atoms with van der Waals surface area (Å²) in [4.78, 5) is 18.2. The normalized spacial score (nSPS) is 12.9. The lowest BCUT2D eigenvalue weighted by molar-refractivity contribution is -0.120. The Morgan fingerprint density at radius 2 is 2.40 bits per heavy atom. The first-order chi connectivity index (χ1) is 7.22. The number of imidazole rings is 1. The highest BCUT2D eigenvalue weighted by Gasteiger charge is 2.15. The summed E-state index contributed by atoms with van der Waals surface area (Å²) in [5, 5.41) is 2.87. The number of benzene rings is 1. The Labute approximate surface area is 86.7 Å². The van der Waals surface area contributed by atoms with Crippen LogP contribution in [-0.2, 0) is 4.79 Å². The molecule has 0 aliphatic rings. The van der Waals surface area contributed by atoms with Crippen molar-refractivity contribution >= 4 is 16.9 Å². The SMILES string of the molecule is CNC(C(N)=O)c1ccc2nc[nH]c2c1. The van der Waals surface area contributed by atoms with Crippen molar-refractivity contribution in [1.29, 1.82) is 0 Å². The molecule has 1 amide bonds. The second-order valence-corrected chi connectivity index (χ2v) is 3.30. The van der Waals surface area contributed by atoms with Crippen LogP contribution in [0.1, 0.15) is 11.6 Å². The zero-order valence-electron chi connectivity index (χ0n) is 8.32. The predicted molar refractivity (Wildman–Crippen MR) is 57.1 cm³/mol. The first-order valence-corrected chi connectivity index (χ1v) is 4.62. The molecule has 1 heterocycles. The minimum Gasteiger partial charge on any atom is -0.368 e. The summed E-state index contributed by atoms with van der Waals surface area (Å²) in [6, 6.07) is 5.11. The molecule has 5 heteroatoms. The molecule has 0 bridgehead atoms. The third kappa shape index (κ3) is 1.69. The van der Waals surface area contributed by atoms with Gasteiger partial charge < -0.3 is 16.0 Å². The molecule has 2 aromatic rings. The third-order valence-corrected chi connectivity index (χ3v) is 2.35. The van der Waals surface area contributed by atoms with Crippen LogP contribution in [0.3, 0.4) is 0 Å². The van der Waals surface area contributed by atoms with E-state index in [1.165, 1.54) is 0 Å². The Hall–Kier alpha value is -1.88. The minimum absolute atomic E-state index is 0.392. The van der Waals surface area contributed by atoms with E-state index in [9.17, 15) is 4.79 Å². The van der Waals surface area contributed by atoms with Gasteiger partial charge in [-0.25, -0.2) is 4.98 Å². The van der Waals surface area contributed by atoms with Gasteiger partial charge in [-0.05, 0) is 24.7 Å². The van der Waals surface area contributed by atoms with Crippen LogP contribution in [-0.4, -0.2) is 22.9 Å². The molecule has 1 unspecified atom stereocenters. The standard InChI is InChI=1S/C10H12N4O/c1-12-9(10(11)15)6-2-3-7-8(4-6)14-5-13-7/h2-5,9,12H,1H3,(H2,11,15)(H,13,14). The number of fused-ring (bicyclic) bond motifs is 1. The van der Waals surface area contributed by atoms with Crippen LogP contribution in [0.4, 0.5) is 0 Å². The van der Waals surface area contributed by atoms with Gasteiger partial charge in [0.1, 0.15) is 6.04 Å². The molecule has 0 saturated heterocycles. The van der Waals surface area contributed by atoms with Crippen LogP contribution in [0.5, 0.6) is 0 Å². The molecule has 0 aliphatic carbocycles. The van der Waals surface area contributed by atoms with Gasteiger partial charge >= 0.3 is 0 Å². The van der Waals surface area contributed by atoms with Crippen LogP contribution in [0.25, 0.3) is 11.0 Å². The molecule has 0 fully saturated rings. The van der Waals surface area contributed by atoms with Crippen molar-refractivity contribution < 1.29 is 4.79 Å². The average Bonchev–Trinajstić information content (AvgIpc) is 2.65. The van der Waals surface area contributed by atoms with Crippen LogP contribution < -0.4 is 11.1 Å². The second kappa shape index (κ2) is 3.70. The number of likely N-dealkylation sites (N-methyl/N-ethyl adjacent to an activating group) is 1. The highest BCUT2D eigenvalue weighted by atomic mass is 16.1. The van der Waals surface area contributed by atoms with Crippen molar-refractivity contribution in [1.82, 2.24) is 15.3 Å². The van der Waals surface area contributed by atoms with E-state index in [0.29, 0.717) is 0 Å². The van der Waals surface area contributed by atoms with E-state index >= 15 is 0 Å². The fourth-order valence-electron chi connectivity index (χ4n) is 1.61. The Morgan fingerprint density at radius 3 is 3.07 bits per heavy atom. The number of aromatic amines is 1. The highest BCUT2D eigenvalue weighted by molar-refractivity contribution is 5.83. The lowest BCUT2D eigenvalue weighted by Gasteiger charge is -2.12. The monoisotopic (exact) mass is 204 g/mol. The van der Waals surface area contributed by atoms with Gasteiger partial charge in [-0.1, -0.05) is 6.07 Å². The summed E-state index contributed by atoms with van der Waals surface area (Å²) in [7, 11) is 1.70. The molecule has 0 spiro atoms. The fraction of sp³-hybridized carbons (Fsp3) is 0.200. The molecule has 0 aliphatic heterocycles. The van der Waals surface area contributed by atoms with Crippen molar-refractivity contribution in [2.75, 3.05) is 7.05 Å². The Kier molecular flexibility index (Phi) is 2.39. The number of nitrogens with zero attached hydrogens (tertiary/aromatic N) is 1. The largest absolute Gasteiger partial charge is 0.368 e. The molecular weight excluding hydrogens is 192 g/mol. The van der Waals surface area contributed by atoms with E-state index in [1.54, 1.807) is 13.4 Å². The molecule has 5 nitrogen and oxygen atoms in total. The zero-order chi connectivity index (χ0) is 10.8. The number of amides is 1. The lowest BCUT2D eigenvalue weighted by Crippen LogP contribution is -2.31. The molecule has 1 atom stereocenters. The summed E-state index contributed by atoms with van der Waals surface area (Å²) in [6.45, 7) is 0. The van der Waals surface area contributed by atoms with Crippen LogP contribution in [0.2, 0.25) is 0 Å². The van der Waals surface area contributed by atoms with Crippen molar-refractivity contribution in [3.8, 4) is 0 Å². The number of carbonyl (C=O) groups is 1. The summed E-state index contributed by atoms with van der Waals surface area (Å²) in [6.07, 6.45) is 1.62. The maximum absolute atomic E-state index is 11.1. The zero-order valence-corrected chi connectivity index (χ0v) is 8.32. The van der Waals surface area contributed by atoms with E-state index in [2.05, 4.69) is 15.3 Å². The number of hydrogen-bond donors (Lipinski definition) is 3. The molecule has 1 aromatic heterocycles. The van der Waals surface area contributed by atoms with Crippen molar-refractivity contribution in [2.45, 2.75) is 6.04 Å². The van der Waals surface area contributed by atoms with Gasteiger partial charge in [-0.3, -0.25) is 4.79 Å². The number of nitrogens with one attached hydrogen (secondary N) is 2. The molecule has 0 saturated carbocycles. The summed E-state index contributed by atoms with van der Waals surface area (Å²) in [5.74, 6) is -0.392. The highest BCUT2D eigenvalue weighted by Crippen LogP contribution is 2.17. The van der Waals surface area contributed by atoms with E-state index < -0.39 is 11.9 Å². The van der Waals surface area contributed by atoms with E-state index in [4.69, 9.17) is 5.73 Å². The number of carbonyl (C=O) groups excluding carboxylic acids is 1. The molecule has 1 aromatic carbocycles. The summed E-state index contributed by atoms with van der Waals surface area (Å²) in [5.41, 5.74) is 7.88. The smallest absolute Gasteiger partial charge is 0.239 e. The van der Waals surface area contributed by atoms with Crippen molar-refractivity contribution in [3.05, 3.63) is 30.1 Å². The molecule has 78 valence electrons. The molecule has 15 heavy (non-hydrogen) atoms. The van der Waals surface area contributed by atoms with Crippen LogP contribution in [0.15, 0.2) is 24.5 Å². The Morgan fingerprint density at radius 1 is 1.60 bits per heavy atom. The third-order valence-electron chi connectivity index (χ3n) is 2.35. The molecule has 4 N–H and O–H groups in total. The first-order valence-electron chi connectivity index (χ1n) is 4.62. The fourth-order valence-corrected chi connectivity index (χ4v) is 1.61. The summed E-state index contributed by atoms with van der Waals surface area (Å²) >= 11 is 0. The Bertz CT molecular complexity index is 491. The van der Waals surface area contributed by atoms with Crippen molar-refractivity contribution in [2.24, 2.45) is 5.73 Å². The maximum atomic E-state index is 11.1. The second-order valence-electron chi connectivity index (χ2n) is 3.30. The number of hydrogen-bond acceptors (Lipinski definition) is 3. The quantitative estimate of drug-likeness (QED) is 0.672. The maximum Gasteiger partial charge on any atom is 0.239 e. The van der Waals surface area contributed by atoms with Gasteiger partial charge in [0.05, 0.1) is 17.4 Å². The molecule has 0 radical (unpaired) electrons. The van der Waals surface area contributed by atoms with E-state index in [-0.39, 0.29) is 0 Å². The number of aromatic nitrogens is 2. The van der Waals surface area contributed by atoms with Gasteiger partial charge in [0, 0.05) is 0 Å². The number of nitrogens with two attached hydrogens (primary N) is 1. The van der Waals surface area contributed by atoms with Crippen LogP contribution >= 0.6 is 0 Å². The molecular formula is C10H12N4O. The predicted octanol–water partition coefficient (Wildman–Crippen LogP) is 0.309. The van der Waals surface area contributed by atoms with Gasteiger partial charge in [-0.15, -0.1) is 0 Å². The minimum atomic E-state index is -0.460. The summed E-state index contributed by atoms with van der Waals surface area (Å²) < 4.78 is 0. The van der Waals surface area contributed by atoms with E-state index in [0.717, 1.165) is 16.6 Å². The van der Waals surface area contributed by atoms with Crippen molar-refractivity contribution in [3.63, 3.8) is 0 Å². The number of primary amides is 1. The lowest BCUT2D eigenvalue weighted by atomic mass is 10.1. The van der Waals surface area contributed by atoms with Gasteiger partial charge in [-0.2, -0.15) is 0 Å². The van der Waals surface area contributed by atoms with Gasteiger partial charge in [0.25, 0.3) is 0 Å². The van der Waals surface area contributed by atoms with E-state index in [1.807, 2.05) is 18.2 Å². The number of rotatable bonds is 3. The molecule has 2 rings (SSSR count). The topological polar surface area (TPSA) is 83.8 Å². The Balaban J connectivity index is 2.46. The number of H-pyrrole nitrogens is 1. The van der Waals surface area contributed by atoms with Crippen LogP contribution in [0, 0.1) is 0 Å². The van der Waals surface area contributed by atoms with Gasteiger partial charge in [0.2, 0.25) is 5.91 Å². The average molecular weight is 204 g/mol.